The molecule has 1 saturated heterocycles. The third-order valence-electron chi connectivity index (χ3n) is 2.93. The molecule has 0 unspecified atom stereocenters. The van der Waals surface area contributed by atoms with Crippen molar-refractivity contribution in [2.45, 2.75) is 32.2 Å². The van der Waals surface area contributed by atoms with Gasteiger partial charge in [-0.3, -0.25) is 4.99 Å². The Kier molecular flexibility index (Phi) is 4.67. The highest BCUT2D eigenvalue weighted by Crippen LogP contribution is 2.28. The quantitative estimate of drug-likeness (QED) is 0.813. The molecule has 16 heavy (non-hydrogen) atoms. The van der Waals surface area contributed by atoms with Crippen molar-refractivity contribution in [2.24, 2.45) is 4.99 Å². The molecule has 4 nitrogen and oxygen atoms in total. The van der Waals surface area contributed by atoms with Crippen molar-refractivity contribution in [3.8, 4) is 0 Å². The second kappa shape index (κ2) is 5.40. The predicted octanol–water partition coefficient (Wildman–Crippen LogP) is 1.28. The van der Waals surface area contributed by atoms with E-state index >= 15 is 0 Å². The van der Waals surface area contributed by atoms with Crippen molar-refractivity contribution in [3.63, 3.8) is 0 Å². The van der Waals surface area contributed by atoms with E-state index in [0.717, 1.165) is 23.8 Å². The van der Waals surface area contributed by atoms with Crippen LogP contribution in [0, 0.1) is 0 Å². The van der Waals surface area contributed by atoms with Crippen LogP contribution in [-0.4, -0.2) is 43.4 Å². The van der Waals surface area contributed by atoms with Gasteiger partial charge in [0.15, 0.2) is 5.17 Å². The molecule has 94 valence electrons. The van der Waals surface area contributed by atoms with Crippen LogP contribution < -0.4 is 5.32 Å². The maximum absolute atomic E-state index is 10.9. The Morgan fingerprint density at radius 3 is 2.50 bits per heavy atom. The molecule has 0 aliphatic carbocycles. The first-order chi connectivity index (χ1) is 7.41. The lowest BCUT2D eigenvalue weighted by Gasteiger charge is -2.25. The lowest BCUT2D eigenvalue weighted by atomic mass is 9.96. The summed E-state index contributed by atoms with van der Waals surface area (Å²) in [5, 5.41) is 4.30. The van der Waals surface area contributed by atoms with Crippen molar-refractivity contribution in [1.82, 2.24) is 5.32 Å². The van der Waals surface area contributed by atoms with E-state index in [0.29, 0.717) is 6.54 Å². The largest absolute Gasteiger partial charge is 0.359 e. The van der Waals surface area contributed by atoms with E-state index in [1.807, 2.05) is 0 Å². The molecule has 1 N–H and O–H groups in total. The zero-order valence-electron chi connectivity index (χ0n) is 10.1. The Balaban J connectivity index is 2.50. The highest BCUT2D eigenvalue weighted by Gasteiger charge is 2.33. The monoisotopic (exact) mass is 264 g/mol. The maximum Gasteiger partial charge on any atom is 0.157 e. The molecule has 0 bridgehead atoms. The fourth-order valence-electron chi connectivity index (χ4n) is 1.53. The summed E-state index contributed by atoms with van der Waals surface area (Å²) in [6.45, 7) is 4.69. The molecular weight excluding hydrogens is 244 g/mol. The average Bonchev–Trinajstić information content (AvgIpc) is 2.61. The first kappa shape index (κ1) is 13.8. The van der Waals surface area contributed by atoms with Crippen LogP contribution in [-0.2, 0) is 9.84 Å². The van der Waals surface area contributed by atoms with Gasteiger partial charge in [-0.2, -0.15) is 0 Å². The number of rotatable bonds is 5. The van der Waals surface area contributed by atoms with Crippen LogP contribution in [0.5, 0.6) is 0 Å². The van der Waals surface area contributed by atoms with Gasteiger partial charge in [0, 0.05) is 17.5 Å². The predicted molar refractivity (Wildman–Crippen MR) is 70.9 cm³/mol. The van der Waals surface area contributed by atoms with Gasteiger partial charge >= 0.3 is 0 Å². The fourth-order valence-corrected chi connectivity index (χ4v) is 3.32. The van der Waals surface area contributed by atoms with Crippen LogP contribution in [0.15, 0.2) is 4.99 Å². The van der Waals surface area contributed by atoms with Gasteiger partial charge in [-0.1, -0.05) is 25.6 Å². The SMILES string of the molecule is CCC1(CC)CSC(=NCCS(C)(=O)=O)N1. The molecule has 0 aromatic heterocycles. The summed E-state index contributed by atoms with van der Waals surface area (Å²) in [5.41, 5.74) is 0.161. The van der Waals surface area contributed by atoms with Crippen molar-refractivity contribution < 1.29 is 8.42 Å². The first-order valence-corrected chi connectivity index (χ1v) is 8.58. The van der Waals surface area contributed by atoms with Gasteiger partial charge in [0.25, 0.3) is 0 Å². The van der Waals surface area contributed by atoms with Crippen molar-refractivity contribution >= 4 is 26.8 Å². The average molecular weight is 264 g/mol. The minimum Gasteiger partial charge on any atom is -0.359 e. The van der Waals surface area contributed by atoms with Crippen molar-refractivity contribution in [3.05, 3.63) is 0 Å². The minimum absolute atomic E-state index is 0.129. The summed E-state index contributed by atoms with van der Waals surface area (Å²) in [6, 6.07) is 0. The molecule has 0 aromatic carbocycles. The molecule has 0 spiro atoms. The van der Waals surface area contributed by atoms with Crippen molar-refractivity contribution in [2.75, 3.05) is 24.3 Å². The summed E-state index contributed by atoms with van der Waals surface area (Å²) in [5.74, 6) is 1.15. The van der Waals surface area contributed by atoms with Crippen LogP contribution in [0.2, 0.25) is 0 Å². The number of aliphatic imine (C=N–C) groups is 1. The zero-order valence-corrected chi connectivity index (χ0v) is 11.7. The standard InChI is InChI=1S/C10H20N2O2S2/c1-4-10(5-2)8-15-9(12-10)11-6-7-16(3,13)14/h4-8H2,1-3H3,(H,11,12). The lowest BCUT2D eigenvalue weighted by molar-refractivity contribution is 0.407. The summed E-state index contributed by atoms with van der Waals surface area (Å²) in [7, 11) is -2.90. The maximum atomic E-state index is 10.9. The van der Waals surface area contributed by atoms with Crippen LogP contribution >= 0.6 is 11.8 Å². The minimum atomic E-state index is -2.90. The highest BCUT2D eigenvalue weighted by molar-refractivity contribution is 8.14. The number of nitrogens with one attached hydrogen (secondary N) is 1. The summed E-state index contributed by atoms with van der Waals surface area (Å²) in [4.78, 5) is 4.29. The van der Waals surface area contributed by atoms with Crippen molar-refractivity contribution in [1.29, 1.82) is 0 Å². The second-order valence-corrected chi connectivity index (χ2v) is 7.44. The normalized spacial score (nSPS) is 22.3. The van der Waals surface area contributed by atoms with E-state index in [-0.39, 0.29) is 11.3 Å². The lowest BCUT2D eigenvalue weighted by Crippen LogP contribution is -2.42. The van der Waals surface area contributed by atoms with E-state index in [1.54, 1.807) is 11.8 Å². The van der Waals surface area contributed by atoms with E-state index < -0.39 is 9.84 Å². The summed E-state index contributed by atoms with van der Waals surface area (Å²) < 4.78 is 21.9. The molecular formula is C10H20N2O2S2. The van der Waals surface area contributed by atoms with Crippen LogP contribution in [0.1, 0.15) is 26.7 Å². The number of thioether (sulfide) groups is 1. The Morgan fingerprint density at radius 2 is 2.06 bits per heavy atom. The summed E-state index contributed by atoms with van der Waals surface area (Å²) >= 11 is 1.69. The molecule has 1 heterocycles. The Bertz CT molecular complexity index is 359. The molecule has 1 rings (SSSR count). The Hall–Kier alpha value is -0.230. The second-order valence-electron chi connectivity index (χ2n) is 4.22. The molecule has 1 aliphatic heterocycles. The van der Waals surface area contributed by atoms with Gasteiger partial charge in [-0.15, -0.1) is 0 Å². The van der Waals surface area contributed by atoms with Gasteiger partial charge in [-0.25, -0.2) is 8.42 Å². The van der Waals surface area contributed by atoms with E-state index in [4.69, 9.17) is 0 Å². The topological polar surface area (TPSA) is 58.5 Å². The molecule has 0 saturated carbocycles. The number of hydrogen-bond donors (Lipinski definition) is 1. The third-order valence-corrected chi connectivity index (χ3v) is 5.05. The van der Waals surface area contributed by atoms with E-state index in [2.05, 4.69) is 24.2 Å². The van der Waals surface area contributed by atoms with Crippen LogP contribution in [0.25, 0.3) is 0 Å². The smallest absolute Gasteiger partial charge is 0.157 e. The van der Waals surface area contributed by atoms with E-state index in [1.165, 1.54) is 6.26 Å². The molecule has 6 heteroatoms. The molecule has 0 amide bonds. The third kappa shape index (κ3) is 3.97. The summed E-state index contributed by atoms with van der Waals surface area (Å²) in [6.07, 6.45) is 3.38. The highest BCUT2D eigenvalue weighted by atomic mass is 32.2. The fraction of sp³-hybridized carbons (Fsp3) is 0.900. The number of sulfone groups is 1. The van der Waals surface area contributed by atoms with Gasteiger partial charge in [0.2, 0.25) is 0 Å². The molecule has 0 aromatic rings. The first-order valence-electron chi connectivity index (χ1n) is 5.54. The Morgan fingerprint density at radius 1 is 1.44 bits per heavy atom. The number of amidine groups is 1. The van der Waals surface area contributed by atoms with Gasteiger partial charge in [-0.05, 0) is 12.8 Å². The molecule has 0 atom stereocenters. The molecule has 1 fully saturated rings. The number of nitrogens with zero attached hydrogens (tertiary/aromatic N) is 1. The van der Waals surface area contributed by atoms with Gasteiger partial charge in [0.05, 0.1) is 12.3 Å². The Labute approximate surface area is 102 Å². The van der Waals surface area contributed by atoms with Gasteiger partial charge in [0.1, 0.15) is 9.84 Å². The van der Waals surface area contributed by atoms with Gasteiger partial charge < -0.3 is 5.32 Å². The molecule has 0 radical (unpaired) electrons. The van der Waals surface area contributed by atoms with Crippen LogP contribution in [0.4, 0.5) is 0 Å². The van der Waals surface area contributed by atoms with E-state index in [9.17, 15) is 8.42 Å². The number of hydrogen-bond acceptors (Lipinski definition) is 4. The van der Waals surface area contributed by atoms with Crippen LogP contribution in [0.3, 0.4) is 0 Å². The molecule has 1 aliphatic rings. The zero-order chi connectivity index (χ0) is 12.2.